The summed E-state index contributed by atoms with van der Waals surface area (Å²) in [5, 5.41) is 4.19. The summed E-state index contributed by atoms with van der Waals surface area (Å²) in [6.07, 6.45) is 6.87. The van der Waals surface area contributed by atoms with Crippen molar-refractivity contribution in [1.29, 1.82) is 0 Å². The molecular weight excluding hydrogens is 334 g/mol. The predicted molar refractivity (Wildman–Crippen MR) is 91.7 cm³/mol. The van der Waals surface area contributed by atoms with Gasteiger partial charge in [-0.05, 0) is 32.6 Å². The van der Waals surface area contributed by atoms with Crippen LogP contribution in [-0.2, 0) is 4.74 Å². The van der Waals surface area contributed by atoms with Crippen LogP contribution in [0.15, 0.2) is 16.9 Å². The number of carbonyl (C=O) groups is 1. The summed E-state index contributed by atoms with van der Waals surface area (Å²) in [5.74, 6) is 1.71. The minimum Gasteiger partial charge on any atom is -0.381 e. The lowest BCUT2D eigenvalue weighted by molar-refractivity contribution is 0.0689. The summed E-state index contributed by atoms with van der Waals surface area (Å²) in [6.45, 7) is 4.63. The third kappa shape index (κ3) is 3.60. The number of carbonyl (C=O) groups excluding carboxylic acids is 1. The summed E-state index contributed by atoms with van der Waals surface area (Å²) in [4.78, 5) is 27.5. The van der Waals surface area contributed by atoms with E-state index in [1.807, 2.05) is 11.8 Å². The highest BCUT2D eigenvalue weighted by Crippen LogP contribution is 2.30. The lowest BCUT2D eigenvalue weighted by atomic mass is 9.97. The largest absolute Gasteiger partial charge is 0.381 e. The number of ether oxygens (including phenoxy) is 1. The van der Waals surface area contributed by atoms with Crippen molar-refractivity contribution in [3.05, 3.63) is 35.5 Å². The molecule has 0 radical (unpaired) electrons. The molecule has 4 heterocycles. The normalized spacial score (nSPS) is 21.7. The molecule has 8 heteroatoms. The van der Waals surface area contributed by atoms with Gasteiger partial charge in [0.15, 0.2) is 5.82 Å². The zero-order valence-electron chi connectivity index (χ0n) is 14.9. The zero-order chi connectivity index (χ0) is 17.9. The topological polar surface area (TPSA) is 94.2 Å². The van der Waals surface area contributed by atoms with E-state index >= 15 is 0 Å². The fourth-order valence-electron chi connectivity index (χ4n) is 3.56. The van der Waals surface area contributed by atoms with Crippen molar-refractivity contribution < 1.29 is 14.1 Å². The Bertz CT molecular complexity index is 754. The number of amides is 1. The van der Waals surface area contributed by atoms with Crippen molar-refractivity contribution in [3.63, 3.8) is 0 Å². The van der Waals surface area contributed by atoms with Gasteiger partial charge in [0.1, 0.15) is 5.69 Å². The van der Waals surface area contributed by atoms with Crippen LogP contribution < -0.4 is 0 Å². The second-order valence-corrected chi connectivity index (χ2v) is 7.01. The van der Waals surface area contributed by atoms with Gasteiger partial charge in [0.2, 0.25) is 5.89 Å². The smallest absolute Gasteiger partial charge is 0.274 e. The van der Waals surface area contributed by atoms with Gasteiger partial charge in [-0.25, -0.2) is 4.98 Å². The Morgan fingerprint density at radius 1 is 1.15 bits per heavy atom. The molecule has 0 N–H and O–H groups in total. The summed E-state index contributed by atoms with van der Waals surface area (Å²) in [7, 11) is 0. The molecule has 2 aromatic rings. The van der Waals surface area contributed by atoms with Gasteiger partial charge in [0.25, 0.3) is 5.91 Å². The van der Waals surface area contributed by atoms with Crippen molar-refractivity contribution in [3.8, 4) is 0 Å². The monoisotopic (exact) mass is 357 g/mol. The fourth-order valence-corrected chi connectivity index (χ4v) is 3.56. The van der Waals surface area contributed by atoms with Crippen LogP contribution in [0.1, 0.15) is 65.4 Å². The van der Waals surface area contributed by atoms with E-state index in [-0.39, 0.29) is 11.8 Å². The lowest BCUT2D eigenvalue weighted by Crippen LogP contribution is -2.39. The molecule has 0 saturated carbocycles. The first kappa shape index (κ1) is 17.1. The zero-order valence-corrected chi connectivity index (χ0v) is 14.9. The fraction of sp³-hybridized carbons (Fsp3) is 0.611. The third-order valence-corrected chi connectivity index (χ3v) is 5.10. The molecule has 2 aliphatic rings. The van der Waals surface area contributed by atoms with Crippen molar-refractivity contribution in [2.24, 2.45) is 0 Å². The molecule has 2 aliphatic heterocycles. The highest BCUT2D eigenvalue weighted by Gasteiger charge is 2.31. The number of piperidine rings is 1. The standard InChI is InChI=1S/C18H23N5O3/c1-12-9-20-15(10-19-12)18(24)23-6-2-3-14(11-23)17-21-16(22-26-17)13-4-7-25-8-5-13/h9-10,13-14H,2-8,11H2,1H3/t14-/m0/s1. The van der Waals surface area contributed by atoms with Crippen LogP contribution in [0.4, 0.5) is 0 Å². The predicted octanol–water partition coefficient (Wildman–Crippen LogP) is 2.08. The van der Waals surface area contributed by atoms with Gasteiger partial charge in [-0.15, -0.1) is 0 Å². The van der Waals surface area contributed by atoms with E-state index in [2.05, 4.69) is 20.1 Å². The average molecular weight is 357 g/mol. The molecule has 1 amide bonds. The summed E-state index contributed by atoms with van der Waals surface area (Å²) in [5.41, 5.74) is 1.18. The number of hydrogen-bond acceptors (Lipinski definition) is 7. The van der Waals surface area contributed by atoms with Gasteiger partial charge in [0.05, 0.1) is 17.8 Å². The van der Waals surface area contributed by atoms with E-state index in [1.54, 1.807) is 6.20 Å². The van der Waals surface area contributed by atoms with E-state index < -0.39 is 0 Å². The molecule has 138 valence electrons. The number of likely N-dealkylation sites (tertiary alicyclic amines) is 1. The second-order valence-electron chi connectivity index (χ2n) is 7.01. The molecule has 4 rings (SSSR count). The van der Waals surface area contributed by atoms with Crippen molar-refractivity contribution in [2.75, 3.05) is 26.3 Å². The maximum absolute atomic E-state index is 12.7. The minimum absolute atomic E-state index is 0.0761. The number of aromatic nitrogens is 4. The van der Waals surface area contributed by atoms with Gasteiger partial charge in [-0.1, -0.05) is 5.16 Å². The highest BCUT2D eigenvalue weighted by molar-refractivity contribution is 5.92. The molecule has 0 aromatic carbocycles. The van der Waals surface area contributed by atoms with E-state index in [0.29, 0.717) is 30.6 Å². The molecule has 1 atom stereocenters. The maximum Gasteiger partial charge on any atom is 0.274 e. The van der Waals surface area contributed by atoms with Crippen molar-refractivity contribution in [2.45, 2.75) is 44.4 Å². The Kier molecular flexibility index (Phi) is 4.92. The van der Waals surface area contributed by atoms with E-state index in [1.165, 1.54) is 6.20 Å². The molecule has 2 saturated heterocycles. The Hall–Kier alpha value is -2.35. The summed E-state index contributed by atoms with van der Waals surface area (Å²) in [6, 6.07) is 0. The average Bonchev–Trinajstić information content (AvgIpc) is 3.19. The van der Waals surface area contributed by atoms with Gasteiger partial charge >= 0.3 is 0 Å². The minimum atomic E-state index is -0.0913. The molecule has 0 spiro atoms. The van der Waals surface area contributed by atoms with Crippen LogP contribution in [0.3, 0.4) is 0 Å². The van der Waals surface area contributed by atoms with Crippen LogP contribution in [0.25, 0.3) is 0 Å². The first-order valence-electron chi connectivity index (χ1n) is 9.20. The van der Waals surface area contributed by atoms with Crippen LogP contribution in [0.5, 0.6) is 0 Å². The first-order valence-corrected chi connectivity index (χ1v) is 9.20. The van der Waals surface area contributed by atoms with Gasteiger partial charge in [-0.3, -0.25) is 9.78 Å². The summed E-state index contributed by atoms with van der Waals surface area (Å²) >= 11 is 0. The van der Waals surface area contributed by atoms with Gasteiger partial charge in [0, 0.05) is 38.4 Å². The molecule has 2 aromatic heterocycles. The Morgan fingerprint density at radius 2 is 2.00 bits per heavy atom. The van der Waals surface area contributed by atoms with E-state index in [0.717, 1.165) is 50.4 Å². The molecule has 0 bridgehead atoms. The van der Waals surface area contributed by atoms with Crippen LogP contribution in [0, 0.1) is 6.92 Å². The number of hydrogen-bond donors (Lipinski definition) is 0. The van der Waals surface area contributed by atoms with Crippen molar-refractivity contribution >= 4 is 5.91 Å². The Morgan fingerprint density at radius 3 is 2.77 bits per heavy atom. The SMILES string of the molecule is Cc1cnc(C(=O)N2CCC[C@H](c3nc(C4CCOCC4)no3)C2)cn1. The molecular formula is C18H23N5O3. The highest BCUT2D eigenvalue weighted by atomic mass is 16.5. The third-order valence-electron chi connectivity index (χ3n) is 5.10. The van der Waals surface area contributed by atoms with Crippen LogP contribution in [-0.4, -0.2) is 57.2 Å². The van der Waals surface area contributed by atoms with Crippen molar-refractivity contribution in [1.82, 2.24) is 25.0 Å². The molecule has 8 nitrogen and oxygen atoms in total. The number of rotatable bonds is 3. The second kappa shape index (κ2) is 7.49. The first-order chi connectivity index (χ1) is 12.7. The Labute approximate surface area is 152 Å². The van der Waals surface area contributed by atoms with Crippen LogP contribution in [0.2, 0.25) is 0 Å². The Balaban J connectivity index is 1.44. The molecule has 2 fully saturated rings. The molecule has 0 unspecified atom stereocenters. The van der Waals surface area contributed by atoms with Gasteiger partial charge < -0.3 is 14.2 Å². The number of nitrogens with zero attached hydrogens (tertiary/aromatic N) is 5. The van der Waals surface area contributed by atoms with Crippen LogP contribution >= 0.6 is 0 Å². The lowest BCUT2D eigenvalue weighted by Gasteiger charge is -2.30. The van der Waals surface area contributed by atoms with Gasteiger partial charge in [-0.2, -0.15) is 4.98 Å². The number of aryl methyl sites for hydroxylation is 1. The molecule has 26 heavy (non-hydrogen) atoms. The van der Waals surface area contributed by atoms with E-state index in [4.69, 9.17) is 9.26 Å². The quantitative estimate of drug-likeness (QED) is 0.830. The molecule has 0 aliphatic carbocycles. The van der Waals surface area contributed by atoms with E-state index in [9.17, 15) is 4.79 Å². The maximum atomic E-state index is 12.7. The summed E-state index contributed by atoms with van der Waals surface area (Å²) < 4.78 is 10.9.